The van der Waals surface area contributed by atoms with Crippen molar-refractivity contribution in [2.75, 3.05) is 26.7 Å². The van der Waals surface area contributed by atoms with Crippen LogP contribution < -0.4 is 5.73 Å². The molecule has 0 aromatic rings. The van der Waals surface area contributed by atoms with E-state index in [-0.39, 0.29) is 0 Å². The van der Waals surface area contributed by atoms with Crippen molar-refractivity contribution in [2.45, 2.75) is 25.7 Å². The Morgan fingerprint density at radius 2 is 2.25 bits per heavy atom. The van der Waals surface area contributed by atoms with Crippen LogP contribution in [0.1, 0.15) is 25.7 Å². The van der Waals surface area contributed by atoms with E-state index in [9.17, 15) is 0 Å². The summed E-state index contributed by atoms with van der Waals surface area (Å²) in [6.45, 7) is 3.26. The maximum atomic E-state index is 5.46. The fraction of sp³-hybridized carbons (Fsp3) is 0.800. The van der Waals surface area contributed by atoms with E-state index in [0.29, 0.717) is 0 Å². The molecule has 70 valence electrons. The third-order valence-electron chi connectivity index (χ3n) is 2.45. The lowest BCUT2D eigenvalue weighted by molar-refractivity contribution is 0.351. The zero-order chi connectivity index (χ0) is 8.81. The molecule has 0 bridgehead atoms. The average Bonchev–Trinajstić information content (AvgIpc) is 2.27. The van der Waals surface area contributed by atoms with Crippen LogP contribution in [0.25, 0.3) is 0 Å². The van der Waals surface area contributed by atoms with Gasteiger partial charge in [0.05, 0.1) is 0 Å². The van der Waals surface area contributed by atoms with Crippen molar-refractivity contribution >= 4 is 0 Å². The first kappa shape index (κ1) is 9.75. The van der Waals surface area contributed by atoms with Crippen LogP contribution in [-0.2, 0) is 0 Å². The van der Waals surface area contributed by atoms with E-state index < -0.39 is 0 Å². The molecule has 0 atom stereocenters. The highest BCUT2D eigenvalue weighted by Crippen LogP contribution is 2.15. The topological polar surface area (TPSA) is 29.3 Å². The molecule has 2 nitrogen and oxygen atoms in total. The summed E-state index contributed by atoms with van der Waals surface area (Å²) in [6, 6.07) is 0. The van der Waals surface area contributed by atoms with Gasteiger partial charge in [-0.1, -0.05) is 11.6 Å². The number of hydrogen-bond donors (Lipinski definition) is 1. The molecule has 0 aliphatic carbocycles. The van der Waals surface area contributed by atoms with Crippen molar-refractivity contribution in [3.8, 4) is 0 Å². The third kappa shape index (κ3) is 3.37. The van der Waals surface area contributed by atoms with Gasteiger partial charge in [-0.05, 0) is 45.8 Å². The Balaban J connectivity index is 2.35. The van der Waals surface area contributed by atoms with Gasteiger partial charge in [0.2, 0.25) is 0 Å². The van der Waals surface area contributed by atoms with Gasteiger partial charge in [-0.3, -0.25) is 0 Å². The molecule has 1 rings (SSSR count). The Labute approximate surface area is 75.4 Å². The minimum atomic E-state index is 0.791. The lowest BCUT2D eigenvalue weighted by atomic mass is 10.1. The quantitative estimate of drug-likeness (QED) is 0.631. The van der Waals surface area contributed by atoms with Crippen molar-refractivity contribution in [1.82, 2.24) is 4.90 Å². The second-order valence-electron chi connectivity index (χ2n) is 3.60. The molecule has 0 radical (unpaired) electrons. The Bertz CT molecular complexity index is 152. The van der Waals surface area contributed by atoms with E-state index in [4.69, 9.17) is 5.73 Å². The number of likely N-dealkylation sites (tertiary alicyclic amines) is 1. The summed E-state index contributed by atoms with van der Waals surface area (Å²) in [5, 5.41) is 0. The Morgan fingerprint density at radius 3 is 3.00 bits per heavy atom. The van der Waals surface area contributed by atoms with E-state index in [1.165, 1.54) is 32.4 Å². The van der Waals surface area contributed by atoms with Gasteiger partial charge >= 0.3 is 0 Å². The van der Waals surface area contributed by atoms with Gasteiger partial charge in [-0.25, -0.2) is 0 Å². The Hall–Kier alpha value is -0.340. The SMILES string of the molecule is CN1CCCC(=CCCN)CC1. The van der Waals surface area contributed by atoms with E-state index in [0.717, 1.165) is 13.0 Å². The lowest BCUT2D eigenvalue weighted by Gasteiger charge is -2.10. The molecule has 1 fully saturated rings. The largest absolute Gasteiger partial charge is 0.330 e. The molecule has 0 spiro atoms. The smallest absolute Gasteiger partial charge is 0.00155 e. The summed E-state index contributed by atoms with van der Waals surface area (Å²) in [6.07, 6.45) is 7.23. The van der Waals surface area contributed by atoms with Crippen LogP contribution in [0, 0.1) is 0 Å². The summed E-state index contributed by atoms with van der Waals surface area (Å²) in [4.78, 5) is 2.41. The van der Waals surface area contributed by atoms with E-state index >= 15 is 0 Å². The van der Waals surface area contributed by atoms with Crippen molar-refractivity contribution in [2.24, 2.45) is 5.73 Å². The summed E-state index contributed by atoms with van der Waals surface area (Å²) in [5.74, 6) is 0. The number of nitrogens with two attached hydrogens (primary N) is 1. The van der Waals surface area contributed by atoms with Gasteiger partial charge in [0.25, 0.3) is 0 Å². The number of hydrogen-bond acceptors (Lipinski definition) is 2. The Kier molecular flexibility index (Phi) is 4.33. The molecule has 0 aromatic carbocycles. The number of rotatable bonds is 2. The van der Waals surface area contributed by atoms with Gasteiger partial charge in [0.1, 0.15) is 0 Å². The molecule has 2 heteroatoms. The highest BCUT2D eigenvalue weighted by atomic mass is 15.1. The van der Waals surface area contributed by atoms with E-state index in [2.05, 4.69) is 18.0 Å². The standard InChI is InChI=1S/C10H20N2/c1-12-8-3-5-10(6-9-12)4-2-7-11/h4H,2-3,5-9,11H2,1H3. The Morgan fingerprint density at radius 1 is 1.42 bits per heavy atom. The van der Waals surface area contributed by atoms with Crippen LogP contribution >= 0.6 is 0 Å². The van der Waals surface area contributed by atoms with Crippen molar-refractivity contribution in [1.29, 1.82) is 0 Å². The molecule has 0 saturated carbocycles. The maximum Gasteiger partial charge on any atom is 0.00155 e. The highest BCUT2D eigenvalue weighted by molar-refractivity contribution is 5.03. The molecule has 2 N–H and O–H groups in total. The van der Waals surface area contributed by atoms with Crippen LogP contribution in [0.3, 0.4) is 0 Å². The van der Waals surface area contributed by atoms with Crippen LogP contribution in [-0.4, -0.2) is 31.6 Å². The zero-order valence-electron chi connectivity index (χ0n) is 8.05. The molecular formula is C10H20N2. The minimum absolute atomic E-state index is 0.791. The summed E-state index contributed by atoms with van der Waals surface area (Å²) >= 11 is 0. The lowest BCUT2D eigenvalue weighted by Crippen LogP contribution is -2.18. The molecule has 1 saturated heterocycles. The first-order valence-corrected chi connectivity index (χ1v) is 4.89. The van der Waals surface area contributed by atoms with Crippen LogP contribution in [0.15, 0.2) is 11.6 Å². The van der Waals surface area contributed by atoms with Crippen molar-refractivity contribution in [3.63, 3.8) is 0 Å². The average molecular weight is 168 g/mol. The normalized spacial score (nSPS) is 24.3. The first-order chi connectivity index (χ1) is 5.83. The summed E-state index contributed by atoms with van der Waals surface area (Å²) < 4.78 is 0. The van der Waals surface area contributed by atoms with Crippen molar-refractivity contribution < 1.29 is 0 Å². The predicted molar refractivity (Wildman–Crippen MR) is 53.1 cm³/mol. The molecule has 1 heterocycles. The predicted octanol–water partition coefficient (Wildman–Crippen LogP) is 1.38. The van der Waals surface area contributed by atoms with E-state index in [1.807, 2.05) is 0 Å². The fourth-order valence-corrected chi connectivity index (χ4v) is 1.64. The van der Waals surface area contributed by atoms with Crippen molar-refractivity contribution in [3.05, 3.63) is 11.6 Å². The molecule has 0 aromatic heterocycles. The van der Waals surface area contributed by atoms with Gasteiger partial charge in [0.15, 0.2) is 0 Å². The molecule has 0 amide bonds. The van der Waals surface area contributed by atoms with Crippen LogP contribution in [0.2, 0.25) is 0 Å². The molecular weight excluding hydrogens is 148 g/mol. The molecule has 1 aliphatic rings. The van der Waals surface area contributed by atoms with Gasteiger partial charge in [-0.2, -0.15) is 0 Å². The van der Waals surface area contributed by atoms with Gasteiger partial charge in [-0.15, -0.1) is 0 Å². The first-order valence-electron chi connectivity index (χ1n) is 4.89. The maximum absolute atomic E-state index is 5.46. The fourth-order valence-electron chi connectivity index (χ4n) is 1.64. The summed E-state index contributed by atoms with van der Waals surface area (Å²) in [7, 11) is 2.20. The van der Waals surface area contributed by atoms with Crippen LogP contribution in [0.4, 0.5) is 0 Å². The van der Waals surface area contributed by atoms with Crippen LogP contribution in [0.5, 0.6) is 0 Å². The van der Waals surface area contributed by atoms with Gasteiger partial charge in [0, 0.05) is 6.54 Å². The molecule has 0 unspecified atom stereocenters. The highest BCUT2D eigenvalue weighted by Gasteiger charge is 2.06. The second-order valence-corrected chi connectivity index (χ2v) is 3.60. The molecule has 1 aliphatic heterocycles. The third-order valence-corrected chi connectivity index (χ3v) is 2.45. The summed E-state index contributed by atoms with van der Waals surface area (Å²) in [5.41, 5.74) is 7.07. The monoisotopic (exact) mass is 168 g/mol. The number of nitrogens with zero attached hydrogens (tertiary/aromatic N) is 1. The zero-order valence-corrected chi connectivity index (χ0v) is 8.05. The molecule has 12 heavy (non-hydrogen) atoms. The van der Waals surface area contributed by atoms with E-state index in [1.54, 1.807) is 5.57 Å². The van der Waals surface area contributed by atoms with Gasteiger partial charge < -0.3 is 10.6 Å². The minimum Gasteiger partial charge on any atom is -0.330 e. The second kappa shape index (κ2) is 5.33.